The monoisotopic (exact) mass is 268 g/mol. The van der Waals surface area contributed by atoms with E-state index in [-0.39, 0.29) is 12.2 Å². The molecular weight excluding hydrogens is 256 g/mol. The van der Waals surface area contributed by atoms with E-state index in [1.54, 1.807) is 31.2 Å². The Balaban J connectivity index is 2.64. The van der Waals surface area contributed by atoms with Crippen LogP contribution in [-0.2, 0) is 9.53 Å². The van der Waals surface area contributed by atoms with Gasteiger partial charge in [-0.2, -0.15) is 5.26 Å². The summed E-state index contributed by atoms with van der Waals surface area (Å²) >= 11 is 0. The molecule has 100 valence electrons. The predicted octanol–water partition coefficient (Wildman–Crippen LogP) is 2.59. The number of aliphatic hydroxyl groups excluding tert-OH is 1. The highest BCUT2D eigenvalue weighted by molar-refractivity contribution is 6.04. The minimum Gasteiger partial charge on any atom is -0.501 e. The first kappa shape index (κ1) is 13.6. The summed E-state index contributed by atoms with van der Waals surface area (Å²) in [4.78, 5) is 15.7. The molecule has 5 heteroatoms. The molecule has 1 aromatic carbocycles. The maximum absolute atomic E-state index is 11.6. The van der Waals surface area contributed by atoms with Crippen molar-refractivity contribution < 1.29 is 14.6 Å². The van der Waals surface area contributed by atoms with E-state index in [2.05, 4.69) is 4.98 Å². The second kappa shape index (κ2) is 5.85. The third kappa shape index (κ3) is 2.45. The van der Waals surface area contributed by atoms with Gasteiger partial charge in [-0.05, 0) is 19.1 Å². The number of benzene rings is 1. The van der Waals surface area contributed by atoms with Crippen molar-refractivity contribution in [2.45, 2.75) is 6.92 Å². The molecule has 5 nitrogen and oxygen atoms in total. The molecule has 0 aliphatic carbocycles. The molecule has 0 saturated heterocycles. The van der Waals surface area contributed by atoms with Gasteiger partial charge in [-0.3, -0.25) is 4.98 Å². The second-order valence-corrected chi connectivity index (χ2v) is 3.93. The lowest BCUT2D eigenvalue weighted by Gasteiger charge is -2.07. The van der Waals surface area contributed by atoms with Crippen LogP contribution in [0, 0.1) is 11.3 Å². The highest BCUT2D eigenvalue weighted by Gasteiger charge is 2.18. The Morgan fingerprint density at radius 1 is 1.40 bits per heavy atom. The van der Waals surface area contributed by atoms with E-state index in [1.165, 1.54) is 6.20 Å². The Labute approximate surface area is 115 Å². The zero-order valence-electron chi connectivity index (χ0n) is 10.8. The van der Waals surface area contributed by atoms with Crippen LogP contribution >= 0.6 is 0 Å². The zero-order valence-corrected chi connectivity index (χ0v) is 10.8. The number of aliphatic hydroxyl groups is 1. The molecule has 2 rings (SSSR count). The number of ether oxygens (including phenoxy) is 1. The highest BCUT2D eigenvalue weighted by atomic mass is 16.5. The molecule has 1 N–H and O–H groups in total. The van der Waals surface area contributed by atoms with Gasteiger partial charge in [-0.1, -0.05) is 18.2 Å². The van der Waals surface area contributed by atoms with E-state index < -0.39 is 11.7 Å². The minimum absolute atomic E-state index is 0.123. The number of hydrogen-bond donors (Lipinski definition) is 1. The quantitative estimate of drug-likeness (QED) is 0.400. The first-order valence-corrected chi connectivity index (χ1v) is 6.03. The normalized spacial score (nSPS) is 11.6. The number of esters is 1. The van der Waals surface area contributed by atoms with Crippen molar-refractivity contribution in [3.63, 3.8) is 0 Å². The van der Waals surface area contributed by atoms with Crippen molar-refractivity contribution in [2.24, 2.45) is 0 Å². The largest absolute Gasteiger partial charge is 0.501 e. The molecular formula is C15H12N2O3. The molecule has 0 aliphatic heterocycles. The van der Waals surface area contributed by atoms with E-state index in [0.29, 0.717) is 16.5 Å². The van der Waals surface area contributed by atoms with Gasteiger partial charge >= 0.3 is 5.97 Å². The maximum Gasteiger partial charge on any atom is 0.374 e. The lowest BCUT2D eigenvalue weighted by Crippen LogP contribution is -2.09. The second-order valence-electron chi connectivity index (χ2n) is 3.93. The van der Waals surface area contributed by atoms with Gasteiger partial charge in [0, 0.05) is 17.1 Å². The fraction of sp³-hybridized carbons (Fsp3) is 0.133. The third-order valence-corrected chi connectivity index (χ3v) is 2.74. The molecule has 20 heavy (non-hydrogen) atoms. The Morgan fingerprint density at radius 3 is 2.85 bits per heavy atom. The summed E-state index contributed by atoms with van der Waals surface area (Å²) in [6.45, 7) is 1.75. The third-order valence-electron chi connectivity index (χ3n) is 2.74. The molecule has 0 amide bonds. The van der Waals surface area contributed by atoms with Gasteiger partial charge in [0.2, 0.25) is 5.76 Å². The summed E-state index contributed by atoms with van der Waals surface area (Å²) < 4.78 is 4.71. The smallest absolute Gasteiger partial charge is 0.374 e. The number of carbonyl (C=O) groups excluding carboxylic acids is 1. The van der Waals surface area contributed by atoms with Crippen molar-refractivity contribution in [3.8, 4) is 6.07 Å². The molecule has 0 aliphatic rings. The SMILES string of the molecule is CCOC(=O)/C(O)=C(/C#N)c1ccnc2ccccc12. The van der Waals surface area contributed by atoms with Gasteiger partial charge in [-0.25, -0.2) is 4.79 Å². The van der Waals surface area contributed by atoms with Crippen LogP contribution in [-0.4, -0.2) is 22.7 Å². The summed E-state index contributed by atoms with van der Waals surface area (Å²) in [5.74, 6) is -1.60. The molecule has 0 bridgehead atoms. The topological polar surface area (TPSA) is 83.2 Å². The van der Waals surface area contributed by atoms with E-state index in [4.69, 9.17) is 4.74 Å². The summed E-state index contributed by atoms with van der Waals surface area (Å²) in [7, 11) is 0. The fourth-order valence-electron chi connectivity index (χ4n) is 1.86. The van der Waals surface area contributed by atoms with Gasteiger partial charge in [-0.15, -0.1) is 0 Å². The number of nitrogens with zero attached hydrogens (tertiary/aromatic N) is 2. The van der Waals surface area contributed by atoms with Crippen LogP contribution in [0.15, 0.2) is 42.3 Å². The van der Waals surface area contributed by atoms with Crippen LogP contribution in [0.4, 0.5) is 0 Å². The van der Waals surface area contributed by atoms with Gasteiger partial charge in [0.15, 0.2) is 0 Å². The molecule has 0 saturated carbocycles. The van der Waals surface area contributed by atoms with Crippen molar-refractivity contribution in [1.29, 1.82) is 5.26 Å². The first-order valence-electron chi connectivity index (χ1n) is 6.03. The molecule has 0 spiro atoms. The Bertz CT molecular complexity index is 724. The number of rotatable bonds is 3. The summed E-state index contributed by atoms with van der Waals surface area (Å²) in [6.07, 6.45) is 1.52. The maximum atomic E-state index is 11.6. The van der Waals surface area contributed by atoms with E-state index in [0.717, 1.165) is 0 Å². The number of nitriles is 1. The van der Waals surface area contributed by atoms with Gasteiger partial charge in [0.1, 0.15) is 11.6 Å². The number of aromatic nitrogens is 1. The van der Waals surface area contributed by atoms with Gasteiger partial charge < -0.3 is 9.84 Å². The number of carbonyl (C=O) groups is 1. The summed E-state index contributed by atoms with van der Waals surface area (Å²) in [5.41, 5.74) is 1.00. The number of fused-ring (bicyclic) bond motifs is 1. The van der Waals surface area contributed by atoms with Gasteiger partial charge in [0.25, 0.3) is 0 Å². The fourth-order valence-corrected chi connectivity index (χ4v) is 1.86. The van der Waals surface area contributed by atoms with Crippen LogP contribution in [0.2, 0.25) is 0 Å². The Kier molecular flexibility index (Phi) is 3.96. The zero-order chi connectivity index (χ0) is 14.5. The number of pyridine rings is 1. The Morgan fingerprint density at radius 2 is 2.15 bits per heavy atom. The predicted molar refractivity (Wildman–Crippen MR) is 73.5 cm³/mol. The van der Waals surface area contributed by atoms with Crippen LogP contribution in [0.1, 0.15) is 12.5 Å². The van der Waals surface area contributed by atoms with E-state index >= 15 is 0 Å². The number of para-hydroxylation sites is 1. The molecule has 2 aromatic rings. The first-order chi connectivity index (χ1) is 9.69. The highest BCUT2D eigenvalue weighted by Crippen LogP contribution is 2.25. The average Bonchev–Trinajstić information content (AvgIpc) is 2.48. The van der Waals surface area contributed by atoms with Crippen molar-refractivity contribution in [1.82, 2.24) is 4.98 Å². The molecule has 1 heterocycles. The lowest BCUT2D eigenvalue weighted by molar-refractivity contribution is -0.141. The summed E-state index contributed by atoms with van der Waals surface area (Å²) in [6, 6.07) is 10.6. The van der Waals surface area contributed by atoms with Crippen molar-refractivity contribution >= 4 is 22.4 Å². The van der Waals surface area contributed by atoms with Crippen molar-refractivity contribution in [2.75, 3.05) is 6.61 Å². The molecule has 0 atom stereocenters. The number of hydrogen-bond acceptors (Lipinski definition) is 5. The van der Waals surface area contributed by atoms with E-state index in [9.17, 15) is 15.2 Å². The molecule has 0 unspecified atom stereocenters. The van der Waals surface area contributed by atoms with Crippen LogP contribution < -0.4 is 0 Å². The minimum atomic E-state index is -0.912. The van der Waals surface area contributed by atoms with Crippen LogP contribution in [0.3, 0.4) is 0 Å². The molecule has 0 radical (unpaired) electrons. The standard InChI is InChI=1S/C15H12N2O3/c1-2-20-15(19)14(18)12(9-16)10-7-8-17-13-6-4-3-5-11(10)13/h3-8,18H,2H2,1H3/b14-12+. The lowest BCUT2D eigenvalue weighted by atomic mass is 10.0. The Hall–Kier alpha value is -2.87. The van der Waals surface area contributed by atoms with E-state index in [1.807, 2.05) is 12.1 Å². The average molecular weight is 268 g/mol. The van der Waals surface area contributed by atoms with Crippen LogP contribution in [0.5, 0.6) is 0 Å². The number of allylic oxidation sites excluding steroid dienone is 1. The molecule has 0 fully saturated rings. The molecule has 1 aromatic heterocycles. The van der Waals surface area contributed by atoms with Gasteiger partial charge in [0.05, 0.1) is 12.1 Å². The van der Waals surface area contributed by atoms with Crippen molar-refractivity contribution in [3.05, 3.63) is 47.9 Å². The summed E-state index contributed by atoms with van der Waals surface area (Å²) in [5, 5.41) is 19.8. The van der Waals surface area contributed by atoms with Crippen LogP contribution in [0.25, 0.3) is 16.5 Å².